The Morgan fingerprint density at radius 3 is 2.91 bits per heavy atom. The molecule has 3 saturated carbocycles. The van der Waals surface area contributed by atoms with Gasteiger partial charge in [0, 0.05) is 29.8 Å². The van der Waals surface area contributed by atoms with Crippen molar-refractivity contribution in [3.63, 3.8) is 0 Å². The van der Waals surface area contributed by atoms with Crippen LogP contribution in [0.2, 0.25) is 0 Å². The highest BCUT2D eigenvalue weighted by atomic mass is 79.9. The Kier molecular flexibility index (Phi) is 6.68. The van der Waals surface area contributed by atoms with Gasteiger partial charge in [-0.2, -0.15) is 5.10 Å². The van der Waals surface area contributed by atoms with E-state index in [1.165, 1.54) is 33.5 Å². The first kappa shape index (κ1) is 23.2. The highest BCUT2D eigenvalue weighted by Gasteiger charge is 2.54. The minimum Gasteiger partial charge on any atom is -0.351 e. The van der Waals surface area contributed by atoms with Gasteiger partial charge in [0.15, 0.2) is 0 Å². The van der Waals surface area contributed by atoms with Crippen molar-refractivity contribution in [3.05, 3.63) is 20.3 Å². The third kappa shape index (κ3) is 4.07. The SMILES string of the molecule is CC1(C)C2CCC(CNC(=O)C3=NN(CCCCCCl)C4c5sc(Br)cc5CCC34)C1C2. The molecule has 1 amide bonds. The fraction of sp³-hybridized carbons (Fsp3) is 0.760. The van der Waals surface area contributed by atoms with Crippen molar-refractivity contribution < 1.29 is 4.79 Å². The Morgan fingerprint density at radius 2 is 2.16 bits per heavy atom. The summed E-state index contributed by atoms with van der Waals surface area (Å²) in [6.07, 6.45) is 9.18. The fourth-order valence-corrected chi connectivity index (χ4v) is 8.98. The molecule has 3 fully saturated rings. The van der Waals surface area contributed by atoms with Gasteiger partial charge in [0.05, 0.1) is 9.83 Å². The second kappa shape index (κ2) is 9.22. The van der Waals surface area contributed by atoms with E-state index in [0.29, 0.717) is 17.2 Å². The van der Waals surface area contributed by atoms with Crippen molar-refractivity contribution in [1.29, 1.82) is 0 Å². The zero-order valence-electron chi connectivity index (χ0n) is 19.2. The molecule has 4 aliphatic carbocycles. The Labute approximate surface area is 209 Å². The number of hydrogen-bond acceptors (Lipinski definition) is 4. The van der Waals surface area contributed by atoms with E-state index in [2.05, 4.69) is 46.2 Å². The van der Waals surface area contributed by atoms with Gasteiger partial charge in [-0.15, -0.1) is 22.9 Å². The van der Waals surface area contributed by atoms with Gasteiger partial charge in [-0.05, 0) is 95.7 Å². The molecule has 4 nitrogen and oxygen atoms in total. The van der Waals surface area contributed by atoms with E-state index < -0.39 is 0 Å². The number of carbonyl (C=O) groups excluding carboxylic acids is 1. The van der Waals surface area contributed by atoms with Gasteiger partial charge < -0.3 is 5.32 Å². The van der Waals surface area contributed by atoms with Crippen molar-refractivity contribution in [1.82, 2.24) is 10.3 Å². The third-order valence-electron chi connectivity index (χ3n) is 8.87. The van der Waals surface area contributed by atoms with Crippen LogP contribution in [-0.4, -0.2) is 35.6 Å². The standard InChI is InChI=1S/C25H35BrClN3OS/c1-25(2)17-8-6-16(19(25)13-17)14-28-24(31)21-18-9-7-15-12-20(26)32-23(15)22(18)30(29-21)11-5-3-4-10-27/h12,16-19,22H,3-11,13-14H2,1-2H3,(H,28,31). The van der Waals surface area contributed by atoms with E-state index >= 15 is 0 Å². The molecule has 1 aromatic rings. The van der Waals surface area contributed by atoms with E-state index in [1.54, 1.807) is 0 Å². The highest BCUT2D eigenvalue weighted by Crippen LogP contribution is 2.61. The maximum Gasteiger partial charge on any atom is 0.267 e. The van der Waals surface area contributed by atoms with Gasteiger partial charge in [-0.25, -0.2) is 0 Å². The molecule has 1 aromatic heterocycles. The van der Waals surface area contributed by atoms with E-state index in [0.717, 1.165) is 62.7 Å². The largest absolute Gasteiger partial charge is 0.351 e. The Bertz CT molecular complexity index is 898. The molecule has 6 rings (SSSR count). The third-order valence-corrected chi connectivity index (χ3v) is 10.9. The summed E-state index contributed by atoms with van der Waals surface area (Å²) in [6, 6.07) is 2.48. The smallest absolute Gasteiger partial charge is 0.267 e. The molecule has 0 saturated heterocycles. The van der Waals surface area contributed by atoms with Crippen LogP contribution in [-0.2, 0) is 11.2 Å². The summed E-state index contributed by atoms with van der Waals surface area (Å²) >= 11 is 11.4. The molecule has 5 aliphatic rings. The number of carbonyl (C=O) groups is 1. The van der Waals surface area contributed by atoms with Gasteiger partial charge in [-0.3, -0.25) is 9.80 Å². The number of hydrogen-bond donors (Lipinski definition) is 1. The average Bonchev–Trinajstić information content (AvgIpc) is 3.34. The maximum absolute atomic E-state index is 13.4. The van der Waals surface area contributed by atoms with Crippen LogP contribution in [0.15, 0.2) is 15.0 Å². The number of alkyl halides is 1. The fourth-order valence-electron chi connectivity index (χ4n) is 6.88. The monoisotopic (exact) mass is 539 g/mol. The topological polar surface area (TPSA) is 44.7 Å². The summed E-state index contributed by atoms with van der Waals surface area (Å²) in [7, 11) is 0. The molecule has 5 atom stereocenters. The zero-order chi connectivity index (χ0) is 22.5. The number of thiophene rings is 1. The molecule has 7 heteroatoms. The Morgan fingerprint density at radius 1 is 1.31 bits per heavy atom. The number of unbranched alkanes of at least 4 members (excludes halogenated alkanes) is 2. The number of amides is 1. The first-order valence-corrected chi connectivity index (χ1v) is 14.5. The van der Waals surface area contributed by atoms with Crippen LogP contribution < -0.4 is 5.32 Å². The second-order valence-electron chi connectivity index (χ2n) is 10.8. The van der Waals surface area contributed by atoms with Crippen LogP contribution in [0.25, 0.3) is 0 Å². The molecule has 0 radical (unpaired) electrons. The summed E-state index contributed by atoms with van der Waals surface area (Å²) in [5.74, 6) is 3.27. The van der Waals surface area contributed by atoms with Gasteiger partial charge in [0.1, 0.15) is 5.71 Å². The van der Waals surface area contributed by atoms with Gasteiger partial charge in [0.25, 0.3) is 5.91 Å². The number of fused-ring (bicyclic) bond motifs is 5. The van der Waals surface area contributed by atoms with Crippen molar-refractivity contribution >= 4 is 50.5 Å². The minimum atomic E-state index is 0.0709. The van der Waals surface area contributed by atoms with Crippen LogP contribution in [0.5, 0.6) is 0 Å². The van der Waals surface area contributed by atoms with Gasteiger partial charge >= 0.3 is 0 Å². The van der Waals surface area contributed by atoms with E-state index in [9.17, 15) is 4.79 Å². The molecular formula is C25H35BrClN3OS. The summed E-state index contributed by atoms with van der Waals surface area (Å²) in [5, 5.41) is 10.5. The van der Waals surface area contributed by atoms with Crippen molar-refractivity contribution in [2.45, 2.75) is 71.3 Å². The number of hydrazone groups is 1. The lowest BCUT2D eigenvalue weighted by Gasteiger charge is -2.60. The molecule has 2 heterocycles. The highest BCUT2D eigenvalue weighted by molar-refractivity contribution is 9.11. The van der Waals surface area contributed by atoms with Crippen LogP contribution in [0.4, 0.5) is 0 Å². The van der Waals surface area contributed by atoms with Crippen molar-refractivity contribution in [2.24, 2.45) is 34.2 Å². The van der Waals surface area contributed by atoms with Crippen LogP contribution in [0, 0.1) is 29.1 Å². The molecule has 32 heavy (non-hydrogen) atoms. The average molecular weight is 541 g/mol. The summed E-state index contributed by atoms with van der Waals surface area (Å²) in [4.78, 5) is 14.8. The summed E-state index contributed by atoms with van der Waals surface area (Å²) in [6.45, 7) is 6.55. The number of nitrogens with zero attached hydrogens (tertiary/aromatic N) is 2. The number of aryl methyl sites for hydroxylation is 1. The lowest BCUT2D eigenvalue weighted by atomic mass is 9.45. The predicted octanol–water partition coefficient (Wildman–Crippen LogP) is 6.38. The van der Waals surface area contributed by atoms with Crippen LogP contribution in [0.1, 0.15) is 75.3 Å². The van der Waals surface area contributed by atoms with Gasteiger partial charge in [-0.1, -0.05) is 20.3 Å². The Balaban J connectivity index is 1.28. The van der Waals surface area contributed by atoms with Crippen LogP contribution in [0.3, 0.4) is 0 Å². The summed E-state index contributed by atoms with van der Waals surface area (Å²) < 4.78 is 1.18. The van der Waals surface area contributed by atoms with Crippen molar-refractivity contribution in [2.75, 3.05) is 19.0 Å². The molecule has 1 aliphatic heterocycles. The lowest BCUT2D eigenvalue weighted by molar-refractivity contribution is -0.119. The lowest BCUT2D eigenvalue weighted by Crippen LogP contribution is -2.55. The maximum atomic E-state index is 13.4. The van der Waals surface area contributed by atoms with E-state index in [4.69, 9.17) is 16.7 Å². The van der Waals surface area contributed by atoms with E-state index in [-0.39, 0.29) is 17.9 Å². The normalized spacial score (nSPS) is 32.1. The molecule has 2 bridgehead atoms. The first-order chi connectivity index (χ1) is 15.4. The number of nitrogens with one attached hydrogen (secondary N) is 1. The minimum absolute atomic E-state index is 0.0709. The molecule has 0 spiro atoms. The van der Waals surface area contributed by atoms with Crippen molar-refractivity contribution in [3.8, 4) is 0 Å². The zero-order valence-corrected chi connectivity index (χ0v) is 22.4. The molecular weight excluding hydrogens is 506 g/mol. The van der Waals surface area contributed by atoms with Gasteiger partial charge in [0.2, 0.25) is 0 Å². The Hall–Kier alpha value is -0.590. The molecule has 0 aromatic carbocycles. The quantitative estimate of drug-likeness (QED) is 0.307. The molecule has 1 N–H and O–H groups in total. The first-order valence-electron chi connectivity index (χ1n) is 12.4. The second-order valence-corrected chi connectivity index (χ2v) is 13.7. The van der Waals surface area contributed by atoms with Crippen LogP contribution >= 0.6 is 38.9 Å². The molecule has 176 valence electrons. The number of halogens is 2. The molecule has 5 unspecified atom stereocenters. The predicted molar refractivity (Wildman–Crippen MR) is 136 cm³/mol. The number of rotatable bonds is 8. The van der Waals surface area contributed by atoms with E-state index in [1.807, 2.05) is 11.3 Å². The summed E-state index contributed by atoms with van der Waals surface area (Å²) in [5.41, 5.74) is 2.65.